The van der Waals surface area contributed by atoms with Gasteiger partial charge in [-0.15, -0.1) is 0 Å². The van der Waals surface area contributed by atoms with E-state index in [1.807, 2.05) is 78.9 Å². The number of nitrogens with one attached hydrogen (secondary N) is 2. The molecule has 4 aromatic carbocycles. The van der Waals surface area contributed by atoms with E-state index < -0.39 is 17.8 Å². The number of aromatic amines is 2. The molecule has 2 N–H and O–H groups in total. The van der Waals surface area contributed by atoms with E-state index in [1.165, 1.54) is 0 Å². The quantitative estimate of drug-likeness (QED) is 0.211. The zero-order valence-corrected chi connectivity index (χ0v) is 25.0. The van der Waals surface area contributed by atoms with Crippen LogP contribution in [0.4, 0.5) is 0 Å². The molecule has 9 rings (SSSR count). The summed E-state index contributed by atoms with van der Waals surface area (Å²) in [6.45, 7) is 0. The molecular formula is C32H17CuN8O2Ti. The van der Waals surface area contributed by atoms with Crippen LogP contribution < -0.4 is 3.87 Å². The van der Waals surface area contributed by atoms with Gasteiger partial charge in [0.25, 0.3) is 0 Å². The first-order valence-electron chi connectivity index (χ1n) is 13.6. The molecule has 1 radical (unpaired) electrons. The van der Waals surface area contributed by atoms with Gasteiger partial charge in [-0.25, -0.2) is 0 Å². The Morgan fingerprint density at radius 3 is 1.30 bits per heavy atom. The van der Waals surface area contributed by atoms with Crippen molar-refractivity contribution in [3.8, 4) is 45.6 Å². The molecule has 0 spiro atoms. The Morgan fingerprint density at radius 1 is 0.432 bits per heavy atom. The van der Waals surface area contributed by atoms with Gasteiger partial charge in [0.15, 0.2) is 0 Å². The van der Waals surface area contributed by atoms with Gasteiger partial charge in [-0.3, -0.25) is 0 Å². The maximum atomic E-state index is 12.5. The number of nitrogens with zero attached hydrogens (tertiary/aromatic N) is 6. The molecule has 10 nitrogen and oxygen atoms in total. The minimum absolute atomic E-state index is 0. The number of H-pyrrole nitrogens is 2. The first-order chi connectivity index (χ1) is 21.1. The molecule has 5 heterocycles. The minimum atomic E-state index is -4.02. The van der Waals surface area contributed by atoms with Crippen molar-refractivity contribution in [1.29, 1.82) is 0 Å². The van der Waals surface area contributed by atoms with Gasteiger partial charge in [0.2, 0.25) is 0 Å². The molecule has 8 bridgehead atoms. The van der Waals surface area contributed by atoms with E-state index >= 15 is 0 Å². The SMILES string of the molecule is [Cu].[O]=[Ti](=[O])[c]1cccc2c3nc4nc(nc5[nH]c(nc6nc(nc([nH]3)c12)-c1ccccc1-6)c1ccccc51)-c1ccccc1-4. The van der Waals surface area contributed by atoms with Gasteiger partial charge in [0, 0.05) is 17.1 Å². The fourth-order valence-electron chi connectivity index (χ4n) is 5.86. The van der Waals surface area contributed by atoms with Crippen LogP contribution in [-0.4, -0.2) is 39.9 Å². The van der Waals surface area contributed by atoms with Gasteiger partial charge in [-0.1, -0.05) is 6.07 Å². The van der Waals surface area contributed by atoms with Gasteiger partial charge in [-0.2, -0.15) is 0 Å². The Balaban J connectivity index is 0.00000289. The Hall–Kier alpha value is -4.93. The summed E-state index contributed by atoms with van der Waals surface area (Å²) in [7, 11) is 0. The van der Waals surface area contributed by atoms with Crippen molar-refractivity contribution in [3.05, 3.63) is 91.0 Å². The van der Waals surface area contributed by atoms with Crippen LogP contribution in [0.5, 0.6) is 0 Å². The molecule has 12 heteroatoms. The van der Waals surface area contributed by atoms with Gasteiger partial charge in [-0.05, 0) is 0 Å². The molecule has 7 aromatic rings. The van der Waals surface area contributed by atoms with E-state index in [-0.39, 0.29) is 20.9 Å². The van der Waals surface area contributed by atoms with Crippen LogP contribution in [0.1, 0.15) is 0 Å². The van der Waals surface area contributed by atoms with Gasteiger partial charge in [0.1, 0.15) is 0 Å². The molecule has 0 saturated carbocycles. The van der Waals surface area contributed by atoms with Crippen molar-refractivity contribution in [2.75, 3.05) is 0 Å². The van der Waals surface area contributed by atoms with E-state index in [2.05, 4.69) is 9.97 Å². The van der Waals surface area contributed by atoms with Gasteiger partial charge < -0.3 is 0 Å². The summed E-state index contributed by atoms with van der Waals surface area (Å²) >= 11 is -4.02. The molecule has 0 atom stereocenters. The van der Waals surface area contributed by atoms with E-state index in [4.69, 9.17) is 29.9 Å². The maximum absolute atomic E-state index is 12.5. The van der Waals surface area contributed by atoms with Crippen molar-refractivity contribution in [2.24, 2.45) is 0 Å². The third-order valence-electron chi connectivity index (χ3n) is 7.80. The summed E-state index contributed by atoms with van der Waals surface area (Å²) in [5, 5.41) is 2.91. The van der Waals surface area contributed by atoms with Crippen LogP contribution in [0, 0.1) is 0 Å². The van der Waals surface area contributed by atoms with Crippen molar-refractivity contribution in [1.82, 2.24) is 39.9 Å². The fourth-order valence-corrected chi connectivity index (χ4v) is 6.94. The van der Waals surface area contributed by atoms with E-state index in [0.717, 1.165) is 33.0 Å². The predicted octanol–water partition coefficient (Wildman–Crippen LogP) is 5.80. The fraction of sp³-hybridized carbons (Fsp3) is 0. The molecular weight excluding hydrogens is 640 g/mol. The van der Waals surface area contributed by atoms with Crippen molar-refractivity contribution < 1.29 is 41.5 Å². The van der Waals surface area contributed by atoms with Crippen molar-refractivity contribution in [3.63, 3.8) is 0 Å². The number of hydrogen-bond acceptors (Lipinski definition) is 8. The Labute approximate surface area is 264 Å². The first kappa shape index (κ1) is 26.7. The standard InChI is InChI=1S/C32H17N8.Cu.2O.Ti/c1-2-10-18-17(9-1)25-33-26(18)38-28-21-13-5-6-14-22(21)30(35-28)40-32-24-16-8-7-15-23(24)31(36-32)39-29-20-12-4-3-11-19(20)27(34-29)37-25;;;;/h1-15H,(H2,33,34,35,36,37,38,39,40);;;;. The summed E-state index contributed by atoms with van der Waals surface area (Å²) in [4.78, 5) is 36.2. The zero-order valence-electron chi connectivity index (χ0n) is 22.5. The number of hydrogen-bond donors (Lipinski definition) is 2. The second-order valence-electron chi connectivity index (χ2n) is 10.3. The van der Waals surface area contributed by atoms with Crippen LogP contribution in [0.2, 0.25) is 0 Å². The van der Waals surface area contributed by atoms with Crippen LogP contribution in [-0.2, 0) is 41.5 Å². The van der Waals surface area contributed by atoms with Crippen molar-refractivity contribution >= 4 is 48.0 Å². The topological polar surface area (TPSA) is 143 Å². The van der Waals surface area contributed by atoms with E-state index in [1.54, 1.807) is 12.1 Å². The van der Waals surface area contributed by atoms with Gasteiger partial charge >= 0.3 is 243 Å². The second-order valence-corrected chi connectivity index (χ2v) is 12.0. The van der Waals surface area contributed by atoms with Crippen LogP contribution in [0.15, 0.2) is 91.0 Å². The molecule has 212 valence electrons. The molecule has 2 aliphatic rings. The van der Waals surface area contributed by atoms with Crippen LogP contribution in [0.25, 0.3) is 89.7 Å². The van der Waals surface area contributed by atoms with E-state index in [9.17, 15) is 6.65 Å². The average molecular weight is 657 g/mol. The number of benzene rings is 4. The average Bonchev–Trinajstić information content (AvgIpc) is 3.76. The molecule has 44 heavy (non-hydrogen) atoms. The Bertz CT molecular complexity index is 2580. The zero-order chi connectivity index (χ0) is 28.7. The monoisotopic (exact) mass is 656 g/mol. The third kappa shape index (κ3) is 3.98. The normalized spacial score (nSPS) is 11.6. The molecule has 0 unspecified atom stereocenters. The number of fused-ring (bicyclic) bond motifs is 20. The summed E-state index contributed by atoms with van der Waals surface area (Å²) in [6, 6.07) is 28.6. The first-order valence-corrected chi connectivity index (χ1v) is 15.6. The van der Waals surface area contributed by atoms with E-state index in [0.29, 0.717) is 56.7 Å². The summed E-state index contributed by atoms with van der Waals surface area (Å²) in [6.07, 6.45) is 0. The molecule has 3 aromatic heterocycles. The molecule has 0 saturated heterocycles. The molecule has 0 aliphatic carbocycles. The molecule has 0 amide bonds. The summed E-state index contributed by atoms with van der Waals surface area (Å²) in [5.74, 6) is 1.88. The van der Waals surface area contributed by atoms with Crippen LogP contribution >= 0.6 is 0 Å². The number of rotatable bonds is 1. The van der Waals surface area contributed by atoms with Crippen molar-refractivity contribution in [2.45, 2.75) is 0 Å². The predicted molar refractivity (Wildman–Crippen MR) is 157 cm³/mol. The molecule has 2 aliphatic heterocycles. The van der Waals surface area contributed by atoms with Crippen LogP contribution in [0.3, 0.4) is 0 Å². The Kier molecular flexibility index (Phi) is 6.11. The number of aromatic nitrogens is 8. The second kappa shape index (κ2) is 10.1. The third-order valence-corrected chi connectivity index (χ3v) is 9.14. The molecule has 0 fully saturated rings. The van der Waals surface area contributed by atoms with Gasteiger partial charge in [0.05, 0.1) is 0 Å². The Morgan fingerprint density at radius 2 is 0.818 bits per heavy atom. The summed E-state index contributed by atoms with van der Waals surface area (Å²) < 4.78 is 25.2. The summed E-state index contributed by atoms with van der Waals surface area (Å²) in [5.41, 5.74) is 5.30.